The van der Waals surface area contributed by atoms with Gasteiger partial charge in [0, 0.05) is 18.3 Å². The first kappa shape index (κ1) is 16.9. The number of hydrogen-bond donors (Lipinski definition) is 3. The molecule has 1 rings (SSSR count). The SMILES string of the molecule is Cc1cc(S(=O)(=O)NC(CCO)C(C)(C)C)ccc1N. The van der Waals surface area contributed by atoms with E-state index in [0.29, 0.717) is 12.1 Å². The van der Waals surface area contributed by atoms with Crippen LogP contribution in [-0.2, 0) is 10.0 Å². The minimum absolute atomic E-state index is 0.0643. The van der Waals surface area contributed by atoms with Crippen molar-refractivity contribution < 1.29 is 13.5 Å². The van der Waals surface area contributed by atoms with Crippen molar-refractivity contribution in [3.63, 3.8) is 0 Å². The summed E-state index contributed by atoms with van der Waals surface area (Å²) in [6, 6.07) is 4.29. The van der Waals surface area contributed by atoms with Gasteiger partial charge in [0.05, 0.1) is 4.90 Å². The Kier molecular flexibility index (Phi) is 5.18. The van der Waals surface area contributed by atoms with Crippen molar-refractivity contribution in [1.82, 2.24) is 4.72 Å². The summed E-state index contributed by atoms with van der Waals surface area (Å²) in [6.45, 7) is 7.51. The van der Waals surface area contributed by atoms with E-state index in [0.717, 1.165) is 5.56 Å². The molecule has 1 unspecified atom stereocenters. The third kappa shape index (κ3) is 4.19. The van der Waals surface area contributed by atoms with Crippen LogP contribution < -0.4 is 10.5 Å². The second kappa shape index (κ2) is 6.11. The Bertz CT molecular complexity index is 562. The van der Waals surface area contributed by atoms with Crippen molar-refractivity contribution in [2.45, 2.75) is 45.1 Å². The monoisotopic (exact) mass is 300 g/mol. The number of rotatable bonds is 5. The van der Waals surface area contributed by atoms with Crippen LogP contribution in [0.2, 0.25) is 0 Å². The highest BCUT2D eigenvalue weighted by Crippen LogP contribution is 2.24. The Balaban J connectivity index is 3.06. The number of nitrogens with two attached hydrogens (primary N) is 1. The van der Waals surface area contributed by atoms with E-state index in [1.165, 1.54) is 6.07 Å². The summed E-state index contributed by atoms with van der Waals surface area (Å²) < 4.78 is 27.5. The van der Waals surface area contributed by atoms with Crippen LogP contribution in [0.1, 0.15) is 32.8 Å². The maximum atomic E-state index is 12.4. The van der Waals surface area contributed by atoms with Crippen molar-refractivity contribution >= 4 is 15.7 Å². The topological polar surface area (TPSA) is 92.4 Å². The molecule has 0 aromatic heterocycles. The van der Waals surface area contributed by atoms with Gasteiger partial charge in [-0.15, -0.1) is 0 Å². The van der Waals surface area contributed by atoms with Crippen molar-refractivity contribution in [2.75, 3.05) is 12.3 Å². The zero-order valence-electron chi connectivity index (χ0n) is 12.5. The van der Waals surface area contributed by atoms with Gasteiger partial charge in [-0.1, -0.05) is 20.8 Å². The van der Waals surface area contributed by atoms with E-state index in [1.54, 1.807) is 19.1 Å². The smallest absolute Gasteiger partial charge is 0.240 e. The van der Waals surface area contributed by atoms with Gasteiger partial charge in [0.2, 0.25) is 10.0 Å². The fraction of sp³-hybridized carbons (Fsp3) is 0.571. The Morgan fingerprint density at radius 3 is 2.40 bits per heavy atom. The summed E-state index contributed by atoms with van der Waals surface area (Å²) in [5.74, 6) is 0. The van der Waals surface area contributed by atoms with Gasteiger partial charge in [0.15, 0.2) is 0 Å². The minimum atomic E-state index is -3.62. The van der Waals surface area contributed by atoms with Gasteiger partial charge in [0.25, 0.3) is 0 Å². The quantitative estimate of drug-likeness (QED) is 0.721. The number of nitrogens with one attached hydrogen (secondary N) is 1. The molecule has 1 aromatic carbocycles. The Labute approximate surface area is 121 Å². The second-order valence-corrected chi connectivity index (χ2v) is 7.78. The molecule has 0 fully saturated rings. The summed E-state index contributed by atoms with van der Waals surface area (Å²) in [7, 11) is -3.62. The first-order valence-corrected chi connectivity index (χ1v) is 8.05. The lowest BCUT2D eigenvalue weighted by molar-refractivity contribution is 0.214. The average molecular weight is 300 g/mol. The zero-order valence-corrected chi connectivity index (χ0v) is 13.3. The van der Waals surface area contributed by atoms with E-state index in [-0.39, 0.29) is 23.0 Å². The fourth-order valence-electron chi connectivity index (χ4n) is 1.87. The summed E-state index contributed by atoms with van der Waals surface area (Å²) in [5, 5.41) is 9.10. The van der Waals surface area contributed by atoms with E-state index in [4.69, 9.17) is 10.8 Å². The van der Waals surface area contributed by atoms with E-state index in [1.807, 2.05) is 20.8 Å². The molecular weight excluding hydrogens is 276 g/mol. The molecule has 0 amide bonds. The molecule has 0 saturated heterocycles. The largest absolute Gasteiger partial charge is 0.399 e. The highest BCUT2D eigenvalue weighted by atomic mass is 32.2. The van der Waals surface area contributed by atoms with Gasteiger partial charge in [0.1, 0.15) is 0 Å². The van der Waals surface area contributed by atoms with Crippen LogP contribution in [0.4, 0.5) is 5.69 Å². The third-order valence-electron chi connectivity index (χ3n) is 3.31. The molecule has 20 heavy (non-hydrogen) atoms. The van der Waals surface area contributed by atoms with Gasteiger partial charge in [-0.05, 0) is 42.5 Å². The van der Waals surface area contributed by atoms with Gasteiger partial charge in [-0.25, -0.2) is 13.1 Å². The molecule has 0 radical (unpaired) electrons. The predicted octanol–water partition coefficient (Wildman–Crippen LogP) is 1.65. The normalized spacial score (nSPS) is 14.2. The molecule has 1 aromatic rings. The van der Waals surface area contributed by atoms with Crippen molar-refractivity contribution in [3.05, 3.63) is 23.8 Å². The first-order chi connectivity index (χ1) is 9.08. The number of aliphatic hydroxyl groups is 1. The molecule has 0 aliphatic heterocycles. The fourth-order valence-corrected chi connectivity index (χ4v) is 3.43. The molecule has 0 spiro atoms. The standard InChI is InChI=1S/C14H24N2O3S/c1-10-9-11(5-6-12(10)15)20(18,19)16-13(7-8-17)14(2,3)4/h5-6,9,13,16-17H,7-8,15H2,1-4H3. The van der Waals surface area contributed by atoms with Crippen molar-refractivity contribution in [1.29, 1.82) is 0 Å². The molecule has 0 heterocycles. The van der Waals surface area contributed by atoms with Gasteiger partial charge in [-0.2, -0.15) is 0 Å². The maximum Gasteiger partial charge on any atom is 0.240 e. The second-order valence-electron chi connectivity index (χ2n) is 6.07. The maximum absolute atomic E-state index is 12.4. The highest BCUT2D eigenvalue weighted by Gasteiger charge is 2.29. The van der Waals surface area contributed by atoms with Crippen LogP contribution in [0.3, 0.4) is 0 Å². The average Bonchev–Trinajstić information content (AvgIpc) is 2.30. The van der Waals surface area contributed by atoms with Crippen LogP contribution in [0.15, 0.2) is 23.1 Å². The number of anilines is 1. The van der Waals surface area contributed by atoms with Crippen molar-refractivity contribution in [2.24, 2.45) is 5.41 Å². The zero-order chi connectivity index (χ0) is 15.6. The molecule has 0 aliphatic carbocycles. The Hall–Kier alpha value is -1.11. The number of nitrogen functional groups attached to an aromatic ring is 1. The molecule has 4 N–H and O–H groups in total. The molecule has 6 heteroatoms. The van der Waals surface area contributed by atoms with Crippen LogP contribution in [0.25, 0.3) is 0 Å². The number of aliphatic hydroxyl groups excluding tert-OH is 1. The first-order valence-electron chi connectivity index (χ1n) is 6.57. The van der Waals surface area contributed by atoms with E-state index >= 15 is 0 Å². The minimum Gasteiger partial charge on any atom is -0.399 e. The van der Waals surface area contributed by atoms with Gasteiger partial charge >= 0.3 is 0 Å². The highest BCUT2D eigenvalue weighted by molar-refractivity contribution is 7.89. The molecular formula is C14H24N2O3S. The molecule has 1 atom stereocenters. The number of hydrogen-bond acceptors (Lipinski definition) is 4. The Morgan fingerprint density at radius 1 is 1.35 bits per heavy atom. The molecule has 5 nitrogen and oxygen atoms in total. The van der Waals surface area contributed by atoms with Gasteiger partial charge < -0.3 is 10.8 Å². The van der Waals surface area contributed by atoms with Crippen LogP contribution in [0, 0.1) is 12.3 Å². The molecule has 0 saturated carbocycles. The molecule has 0 bridgehead atoms. The predicted molar refractivity (Wildman–Crippen MR) is 80.9 cm³/mol. The number of aryl methyl sites for hydroxylation is 1. The van der Waals surface area contributed by atoms with E-state index < -0.39 is 10.0 Å². The summed E-state index contributed by atoms with van der Waals surface area (Å²) in [5.41, 5.74) is 6.71. The van der Waals surface area contributed by atoms with E-state index in [9.17, 15) is 8.42 Å². The molecule has 114 valence electrons. The third-order valence-corrected chi connectivity index (χ3v) is 4.78. The van der Waals surface area contributed by atoms with Crippen molar-refractivity contribution in [3.8, 4) is 0 Å². The lowest BCUT2D eigenvalue weighted by Gasteiger charge is -2.30. The van der Waals surface area contributed by atoms with Crippen LogP contribution >= 0.6 is 0 Å². The van der Waals surface area contributed by atoms with Crippen LogP contribution in [-0.4, -0.2) is 26.2 Å². The molecule has 0 aliphatic rings. The Morgan fingerprint density at radius 2 is 1.95 bits per heavy atom. The van der Waals surface area contributed by atoms with Crippen LogP contribution in [0.5, 0.6) is 0 Å². The number of benzene rings is 1. The summed E-state index contributed by atoms with van der Waals surface area (Å²) >= 11 is 0. The van der Waals surface area contributed by atoms with E-state index in [2.05, 4.69) is 4.72 Å². The lowest BCUT2D eigenvalue weighted by Crippen LogP contribution is -2.44. The summed E-state index contributed by atoms with van der Waals surface area (Å²) in [4.78, 5) is 0.191. The summed E-state index contributed by atoms with van der Waals surface area (Å²) in [6.07, 6.45) is 0.372. The number of sulfonamides is 1. The lowest BCUT2D eigenvalue weighted by atomic mass is 9.86. The van der Waals surface area contributed by atoms with Gasteiger partial charge in [-0.3, -0.25) is 0 Å².